The van der Waals surface area contributed by atoms with Gasteiger partial charge in [-0.25, -0.2) is 0 Å². The smallest absolute Gasteiger partial charge is 0.0775 e. The van der Waals surface area contributed by atoms with Crippen LogP contribution in [0.25, 0.3) is 5.70 Å². The van der Waals surface area contributed by atoms with Gasteiger partial charge in [-0.1, -0.05) is 49.1 Å². The molecule has 0 spiro atoms. The van der Waals surface area contributed by atoms with Gasteiger partial charge in [0.2, 0.25) is 0 Å². The summed E-state index contributed by atoms with van der Waals surface area (Å²) in [5.41, 5.74) is 5.26. The molecule has 0 N–H and O–H groups in total. The molecule has 1 aromatic rings. The second-order valence-corrected chi connectivity index (χ2v) is 4.47. The highest BCUT2D eigenvalue weighted by Crippen LogP contribution is 2.25. The van der Waals surface area contributed by atoms with Gasteiger partial charge in [-0.05, 0) is 33.3 Å². The first-order chi connectivity index (χ1) is 8.56. The van der Waals surface area contributed by atoms with E-state index in [2.05, 4.69) is 29.8 Å². The van der Waals surface area contributed by atoms with Crippen molar-refractivity contribution in [1.29, 1.82) is 0 Å². The summed E-state index contributed by atoms with van der Waals surface area (Å²) in [5, 5.41) is 0. The summed E-state index contributed by atoms with van der Waals surface area (Å²) in [5.74, 6) is 0. The van der Waals surface area contributed by atoms with Crippen molar-refractivity contribution in [3.63, 3.8) is 0 Å². The first kappa shape index (κ1) is 14.2. The van der Waals surface area contributed by atoms with Gasteiger partial charge >= 0.3 is 0 Å². The lowest BCUT2D eigenvalue weighted by atomic mass is 10.0. The van der Waals surface area contributed by atoms with Crippen molar-refractivity contribution in [2.45, 2.75) is 27.7 Å². The van der Waals surface area contributed by atoms with E-state index >= 15 is 0 Å². The second kappa shape index (κ2) is 6.75. The third kappa shape index (κ3) is 3.85. The Labute approximate surface area is 110 Å². The maximum absolute atomic E-state index is 4.67. The van der Waals surface area contributed by atoms with Crippen LogP contribution < -0.4 is 0 Å². The third-order valence-electron chi connectivity index (χ3n) is 2.43. The minimum atomic E-state index is 0.987. The van der Waals surface area contributed by atoms with Gasteiger partial charge < -0.3 is 0 Å². The molecule has 0 unspecified atom stereocenters. The molecule has 0 radical (unpaired) electrons. The third-order valence-corrected chi connectivity index (χ3v) is 2.43. The molecule has 0 amide bonds. The Kier molecular flexibility index (Phi) is 5.31. The molecule has 1 heteroatoms. The van der Waals surface area contributed by atoms with E-state index in [0.29, 0.717) is 0 Å². The Morgan fingerprint density at radius 1 is 1.11 bits per heavy atom. The van der Waals surface area contributed by atoms with Crippen LogP contribution in [0.4, 0.5) is 0 Å². The first-order valence-corrected chi connectivity index (χ1v) is 6.16. The van der Waals surface area contributed by atoms with E-state index in [-0.39, 0.29) is 0 Å². The number of allylic oxidation sites excluding steroid dienone is 4. The molecule has 0 aromatic heterocycles. The second-order valence-electron chi connectivity index (χ2n) is 4.47. The maximum atomic E-state index is 4.67. The molecule has 0 aliphatic heterocycles. The van der Waals surface area contributed by atoms with Crippen LogP contribution in [0.2, 0.25) is 0 Å². The summed E-state index contributed by atoms with van der Waals surface area (Å²) in [6.45, 7) is 12.1. The standard InChI is InChI=1S/C17H21N/c1-6-10-16(13(2)3)17(18-14(4)5)15-11-8-7-9-12-15/h6-12H,2H2,1,3-5H3/b10-6-,17-16-. The van der Waals surface area contributed by atoms with E-state index in [9.17, 15) is 0 Å². The van der Waals surface area contributed by atoms with Crippen LogP contribution >= 0.6 is 0 Å². The minimum Gasteiger partial charge on any atom is -0.257 e. The summed E-state index contributed by atoms with van der Waals surface area (Å²) in [4.78, 5) is 4.67. The van der Waals surface area contributed by atoms with Crippen molar-refractivity contribution in [2.75, 3.05) is 0 Å². The van der Waals surface area contributed by atoms with Gasteiger partial charge in [0.05, 0.1) is 5.70 Å². The molecule has 1 rings (SSSR count). The number of rotatable bonds is 4. The van der Waals surface area contributed by atoms with E-state index < -0.39 is 0 Å². The predicted molar refractivity (Wildman–Crippen MR) is 81.8 cm³/mol. The van der Waals surface area contributed by atoms with Crippen molar-refractivity contribution in [1.82, 2.24) is 0 Å². The highest BCUT2D eigenvalue weighted by atomic mass is 14.8. The van der Waals surface area contributed by atoms with Gasteiger partial charge in [0, 0.05) is 16.8 Å². The number of benzene rings is 1. The topological polar surface area (TPSA) is 12.4 Å². The zero-order chi connectivity index (χ0) is 13.5. The van der Waals surface area contributed by atoms with E-state index in [1.165, 1.54) is 0 Å². The van der Waals surface area contributed by atoms with Gasteiger partial charge in [-0.3, -0.25) is 4.99 Å². The fraction of sp³-hybridized carbons (Fsp3) is 0.235. The van der Waals surface area contributed by atoms with Crippen molar-refractivity contribution in [2.24, 2.45) is 4.99 Å². The summed E-state index contributed by atoms with van der Waals surface area (Å²) >= 11 is 0. The Bertz CT molecular complexity index is 498. The molecule has 0 atom stereocenters. The number of aliphatic imine (C=N–C) groups is 1. The van der Waals surface area contributed by atoms with Crippen LogP contribution in [0.5, 0.6) is 0 Å². The molecule has 1 nitrogen and oxygen atoms in total. The zero-order valence-electron chi connectivity index (χ0n) is 11.7. The lowest BCUT2D eigenvalue weighted by molar-refractivity contribution is 1.37. The monoisotopic (exact) mass is 239 g/mol. The minimum absolute atomic E-state index is 0.987. The van der Waals surface area contributed by atoms with Crippen LogP contribution in [0, 0.1) is 0 Å². The average Bonchev–Trinajstić information content (AvgIpc) is 2.34. The average molecular weight is 239 g/mol. The number of nitrogens with zero attached hydrogens (tertiary/aromatic N) is 1. The highest BCUT2D eigenvalue weighted by Gasteiger charge is 2.06. The van der Waals surface area contributed by atoms with Crippen molar-refractivity contribution >= 4 is 11.4 Å². The maximum Gasteiger partial charge on any atom is 0.0775 e. The molecular formula is C17H21N. The Morgan fingerprint density at radius 3 is 2.17 bits per heavy atom. The Hall–Kier alpha value is -1.89. The molecule has 0 fully saturated rings. The molecule has 0 bridgehead atoms. The summed E-state index contributed by atoms with van der Waals surface area (Å²) < 4.78 is 0. The zero-order valence-corrected chi connectivity index (χ0v) is 11.7. The molecule has 0 saturated heterocycles. The fourth-order valence-corrected chi connectivity index (χ4v) is 1.69. The Morgan fingerprint density at radius 2 is 1.72 bits per heavy atom. The molecule has 18 heavy (non-hydrogen) atoms. The van der Waals surface area contributed by atoms with E-state index in [1.54, 1.807) is 0 Å². The highest BCUT2D eigenvalue weighted by molar-refractivity contribution is 5.88. The Balaban J connectivity index is 3.50. The molecule has 94 valence electrons. The lowest BCUT2D eigenvalue weighted by Crippen LogP contribution is -1.92. The van der Waals surface area contributed by atoms with Crippen LogP contribution in [0.15, 0.2) is 65.2 Å². The van der Waals surface area contributed by atoms with Crippen molar-refractivity contribution in [3.8, 4) is 0 Å². The molecule has 0 heterocycles. The lowest BCUT2D eigenvalue weighted by Gasteiger charge is -2.10. The summed E-state index contributed by atoms with van der Waals surface area (Å²) in [7, 11) is 0. The normalized spacial score (nSPS) is 12.2. The van der Waals surface area contributed by atoms with Gasteiger partial charge in [0.1, 0.15) is 0 Å². The quantitative estimate of drug-likeness (QED) is 0.516. The molecule has 1 aromatic carbocycles. The van der Waals surface area contributed by atoms with E-state index in [4.69, 9.17) is 0 Å². The summed E-state index contributed by atoms with van der Waals surface area (Å²) in [6, 6.07) is 10.2. The number of hydrogen-bond donors (Lipinski definition) is 0. The van der Waals surface area contributed by atoms with Crippen LogP contribution in [0.3, 0.4) is 0 Å². The van der Waals surface area contributed by atoms with Crippen LogP contribution in [-0.2, 0) is 0 Å². The molecular weight excluding hydrogens is 218 g/mol. The molecule has 0 saturated carbocycles. The fourth-order valence-electron chi connectivity index (χ4n) is 1.69. The van der Waals surface area contributed by atoms with Gasteiger partial charge in [0.15, 0.2) is 0 Å². The predicted octanol–water partition coefficient (Wildman–Crippen LogP) is 5.03. The van der Waals surface area contributed by atoms with Gasteiger partial charge in [-0.2, -0.15) is 0 Å². The van der Waals surface area contributed by atoms with E-state index in [1.807, 2.05) is 52.0 Å². The SMILES string of the molecule is C=C(C)C(/C=C\C)=C(\N=C(C)C)c1ccccc1. The van der Waals surface area contributed by atoms with Gasteiger partial charge in [-0.15, -0.1) is 0 Å². The van der Waals surface area contributed by atoms with Crippen molar-refractivity contribution < 1.29 is 0 Å². The first-order valence-electron chi connectivity index (χ1n) is 6.16. The summed E-state index contributed by atoms with van der Waals surface area (Å²) in [6.07, 6.45) is 4.09. The van der Waals surface area contributed by atoms with Crippen LogP contribution in [0.1, 0.15) is 33.3 Å². The van der Waals surface area contributed by atoms with Crippen molar-refractivity contribution in [3.05, 3.63) is 65.8 Å². The molecule has 0 aliphatic carbocycles. The number of hydrogen-bond acceptors (Lipinski definition) is 1. The van der Waals surface area contributed by atoms with E-state index in [0.717, 1.165) is 28.1 Å². The van der Waals surface area contributed by atoms with Crippen LogP contribution in [-0.4, -0.2) is 5.71 Å². The largest absolute Gasteiger partial charge is 0.257 e. The molecule has 0 aliphatic rings. The van der Waals surface area contributed by atoms with Gasteiger partial charge in [0.25, 0.3) is 0 Å².